The van der Waals surface area contributed by atoms with Gasteiger partial charge in [-0.3, -0.25) is 4.79 Å². The minimum Gasteiger partial charge on any atom is -0.370 e. The molecule has 1 aromatic heterocycles. The first kappa shape index (κ1) is 17.0. The van der Waals surface area contributed by atoms with Gasteiger partial charge in [0.25, 0.3) is 5.91 Å². The SMILES string of the molecule is CC1(CCNc2ccc(C(=O)N3CCc4ccccc43)cn2)OCCO1. The summed E-state index contributed by atoms with van der Waals surface area (Å²) in [6.07, 6.45) is 3.27. The number of anilines is 2. The summed E-state index contributed by atoms with van der Waals surface area (Å²) in [5.41, 5.74) is 2.82. The van der Waals surface area contributed by atoms with Crippen molar-refractivity contribution in [2.75, 3.05) is 36.5 Å². The second-order valence-electron chi connectivity index (χ2n) is 6.78. The van der Waals surface area contributed by atoms with E-state index in [2.05, 4.69) is 16.4 Å². The fraction of sp³-hybridized carbons (Fsp3) is 0.400. The molecule has 1 fully saturated rings. The molecule has 1 N–H and O–H groups in total. The topological polar surface area (TPSA) is 63.7 Å². The summed E-state index contributed by atoms with van der Waals surface area (Å²) >= 11 is 0. The zero-order valence-corrected chi connectivity index (χ0v) is 14.9. The lowest BCUT2D eigenvalue weighted by molar-refractivity contribution is -0.144. The highest BCUT2D eigenvalue weighted by Gasteiger charge is 2.30. The Bertz CT molecular complexity index is 785. The van der Waals surface area contributed by atoms with Crippen molar-refractivity contribution in [1.29, 1.82) is 0 Å². The number of pyridine rings is 1. The highest BCUT2D eigenvalue weighted by molar-refractivity contribution is 6.07. The molecule has 2 aliphatic rings. The van der Waals surface area contributed by atoms with E-state index in [4.69, 9.17) is 9.47 Å². The quantitative estimate of drug-likeness (QED) is 0.895. The number of hydrogen-bond donors (Lipinski definition) is 1. The molecule has 2 aliphatic heterocycles. The van der Waals surface area contributed by atoms with Crippen LogP contribution in [0.1, 0.15) is 29.3 Å². The van der Waals surface area contributed by atoms with Crippen molar-refractivity contribution >= 4 is 17.4 Å². The van der Waals surface area contributed by atoms with E-state index in [1.54, 1.807) is 6.20 Å². The van der Waals surface area contributed by atoms with Crippen LogP contribution in [0.4, 0.5) is 11.5 Å². The molecule has 1 aromatic carbocycles. The van der Waals surface area contributed by atoms with E-state index >= 15 is 0 Å². The lowest BCUT2D eigenvalue weighted by atomic mass is 10.2. The summed E-state index contributed by atoms with van der Waals surface area (Å²) in [6, 6.07) is 11.7. The van der Waals surface area contributed by atoms with Gasteiger partial charge in [-0.1, -0.05) is 18.2 Å². The molecule has 0 spiro atoms. The normalized spacial score (nSPS) is 18.0. The molecule has 136 valence electrons. The molecule has 1 amide bonds. The van der Waals surface area contributed by atoms with E-state index in [1.807, 2.05) is 42.2 Å². The van der Waals surface area contributed by atoms with Crippen LogP contribution < -0.4 is 10.2 Å². The number of amides is 1. The van der Waals surface area contributed by atoms with Gasteiger partial charge in [0.1, 0.15) is 5.82 Å². The number of nitrogens with zero attached hydrogens (tertiary/aromatic N) is 2. The molecule has 0 saturated carbocycles. The largest absolute Gasteiger partial charge is 0.370 e. The smallest absolute Gasteiger partial charge is 0.259 e. The van der Waals surface area contributed by atoms with Crippen molar-refractivity contribution in [2.24, 2.45) is 0 Å². The summed E-state index contributed by atoms with van der Waals surface area (Å²) < 4.78 is 11.2. The minimum atomic E-state index is -0.508. The van der Waals surface area contributed by atoms with Crippen LogP contribution in [-0.4, -0.2) is 43.0 Å². The number of rotatable bonds is 5. The van der Waals surface area contributed by atoms with Gasteiger partial charge in [0.15, 0.2) is 5.79 Å². The molecule has 6 heteroatoms. The third-order valence-electron chi connectivity index (χ3n) is 4.93. The predicted molar refractivity (Wildman–Crippen MR) is 99.5 cm³/mol. The van der Waals surface area contributed by atoms with Crippen LogP contribution in [0.15, 0.2) is 42.6 Å². The van der Waals surface area contributed by atoms with Gasteiger partial charge >= 0.3 is 0 Å². The second-order valence-corrected chi connectivity index (χ2v) is 6.78. The van der Waals surface area contributed by atoms with Gasteiger partial charge in [0.05, 0.1) is 18.8 Å². The van der Waals surface area contributed by atoms with Crippen molar-refractivity contribution in [2.45, 2.75) is 25.6 Å². The second kappa shape index (κ2) is 7.05. The van der Waals surface area contributed by atoms with Crippen molar-refractivity contribution in [3.63, 3.8) is 0 Å². The van der Waals surface area contributed by atoms with Crippen LogP contribution in [0, 0.1) is 0 Å². The van der Waals surface area contributed by atoms with Gasteiger partial charge in [-0.25, -0.2) is 4.98 Å². The molecule has 2 aromatic rings. The Labute approximate surface area is 153 Å². The van der Waals surface area contributed by atoms with E-state index in [0.29, 0.717) is 25.3 Å². The maximum absolute atomic E-state index is 12.8. The zero-order chi connectivity index (χ0) is 18.0. The summed E-state index contributed by atoms with van der Waals surface area (Å²) in [4.78, 5) is 19.0. The van der Waals surface area contributed by atoms with Crippen LogP contribution in [0.5, 0.6) is 0 Å². The Morgan fingerprint density at radius 1 is 1.23 bits per heavy atom. The molecule has 1 saturated heterocycles. The number of hydrogen-bond acceptors (Lipinski definition) is 5. The predicted octanol–water partition coefficient (Wildman–Crippen LogP) is 2.85. The molecule has 0 unspecified atom stereocenters. The summed E-state index contributed by atoms with van der Waals surface area (Å²) in [5, 5.41) is 3.25. The average Bonchev–Trinajstić information content (AvgIpc) is 3.28. The van der Waals surface area contributed by atoms with Gasteiger partial charge in [-0.05, 0) is 37.1 Å². The Hall–Kier alpha value is -2.44. The number of aromatic nitrogens is 1. The first-order valence-electron chi connectivity index (χ1n) is 9.02. The van der Waals surface area contributed by atoms with Crippen LogP contribution in [0.25, 0.3) is 0 Å². The van der Waals surface area contributed by atoms with Crippen LogP contribution >= 0.6 is 0 Å². The highest BCUT2D eigenvalue weighted by atomic mass is 16.7. The molecule has 0 atom stereocenters. The van der Waals surface area contributed by atoms with Crippen molar-refractivity contribution < 1.29 is 14.3 Å². The number of carbonyl (C=O) groups excluding carboxylic acids is 1. The first-order valence-corrected chi connectivity index (χ1v) is 9.02. The monoisotopic (exact) mass is 353 g/mol. The molecule has 0 aliphatic carbocycles. The standard InChI is InChI=1S/C20H23N3O3/c1-20(25-12-13-26-20)9-10-21-18-7-6-16(14-22-18)19(24)23-11-8-15-4-2-3-5-17(15)23/h2-7,14H,8-13H2,1H3,(H,21,22). The molecule has 4 rings (SSSR count). The van der Waals surface area contributed by atoms with Gasteiger partial charge < -0.3 is 19.7 Å². The third kappa shape index (κ3) is 3.43. The number of nitrogens with one attached hydrogen (secondary N) is 1. The molecule has 3 heterocycles. The Balaban J connectivity index is 1.36. The molecule has 6 nitrogen and oxygen atoms in total. The summed E-state index contributed by atoms with van der Waals surface area (Å²) in [5.74, 6) is 0.228. The van der Waals surface area contributed by atoms with Crippen molar-refractivity contribution in [1.82, 2.24) is 4.98 Å². The molecular formula is C20H23N3O3. The van der Waals surface area contributed by atoms with Crippen molar-refractivity contribution in [3.05, 3.63) is 53.7 Å². The van der Waals surface area contributed by atoms with E-state index in [1.165, 1.54) is 5.56 Å². The lowest BCUT2D eigenvalue weighted by Crippen LogP contribution is -2.29. The highest BCUT2D eigenvalue weighted by Crippen LogP contribution is 2.29. The number of fused-ring (bicyclic) bond motifs is 1. The van der Waals surface area contributed by atoms with Gasteiger partial charge in [-0.15, -0.1) is 0 Å². The number of ether oxygens (including phenoxy) is 2. The molecule has 0 bridgehead atoms. The molecule has 26 heavy (non-hydrogen) atoms. The van der Waals surface area contributed by atoms with Crippen LogP contribution in [0.3, 0.4) is 0 Å². The van der Waals surface area contributed by atoms with Crippen molar-refractivity contribution in [3.8, 4) is 0 Å². The van der Waals surface area contributed by atoms with E-state index < -0.39 is 5.79 Å². The van der Waals surface area contributed by atoms with E-state index in [0.717, 1.165) is 30.9 Å². The van der Waals surface area contributed by atoms with E-state index in [-0.39, 0.29) is 5.91 Å². The number of para-hydroxylation sites is 1. The molecule has 0 radical (unpaired) electrons. The number of benzene rings is 1. The average molecular weight is 353 g/mol. The Morgan fingerprint density at radius 2 is 2.04 bits per heavy atom. The van der Waals surface area contributed by atoms with Gasteiger partial charge in [-0.2, -0.15) is 0 Å². The summed E-state index contributed by atoms with van der Waals surface area (Å²) in [6.45, 7) is 4.65. The maximum atomic E-state index is 12.8. The zero-order valence-electron chi connectivity index (χ0n) is 14.9. The first-order chi connectivity index (χ1) is 12.6. The summed E-state index contributed by atoms with van der Waals surface area (Å²) in [7, 11) is 0. The van der Waals surface area contributed by atoms with Crippen LogP contribution in [0.2, 0.25) is 0 Å². The van der Waals surface area contributed by atoms with Gasteiger partial charge in [0.2, 0.25) is 0 Å². The fourth-order valence-electron chi connectivity index (χ4n) is 3.45. The van der Waals surface area contributed by atoms with Crippen LogP contribution in [-0.2, 0) is 15.9 Å². The fourth-order valence-corrected chi connectivity index (χ4v) is 3.45. The van der Waals surface area contributed by atoms with E-state index in [9.17, 15) is 4.79 Å². The molecular weight excluding hydrogens is 330 g/mol. The van der Waals surface area contributed by atoms with Gasteiger partial charge in [0, 0.05) is 31.4 Å². The maximum Gasteiger partial charge on any atom is 0.259 e. The third-order valence-corrected chi connectivity index (χ3v) is 4.93. The lowest BCUT2D eigenvalue weighted by Gasteiger charge is -2.22. The Kier molecular flexibility index (Phi) is 4.61. The minimum absolute atomic E-state index is 0.00531. The number of carbonyl (C=O) groups is 1. The Morgan fingerprint density at radius 3 is 2.81 bits per heavy atom.